The van der Waals surface area contributed by atoms with Crippen LogP contribution in [0.3, 0.4) is 0 Å². The van der Waals surface area contributed by atoms with Crippen molar-refractivity contribution in [2.45, 2.75) is 20.8 Å². The number of phenols is 1. The van der Waals surface area contributed by atoms with Crippen LogP contribution in [0.25, 0.3) is 0 Å². The van der Waals surface area contributed by atoms with Crippen molar-refractivity contribution in [2.24, 2.45) is 0 Å². The third-order valence-electron chi connectivity index (χ3n) is 3.50. The summed E-state index contributed by atoms with van der Waals surface area (Å²) in [5.41, 5.74) is 9.72. The number of aryl methyl sites for hydroxylation is 1. The van der Waals surface area contributed by atoms with Crippen molar-refractivity contribution < 1.29 is 9.90 Å². The second-order valence-corrected chi connectivity index (χ2v) is 4.75. The molecule has 0 spiro atoms. The minimum atomic E-state index is -0.101. The molecule has 0 saturated heterocycles. The summed E-state index contributed by atoms with van der Waals surface area (Å²) in [4.78, 5) is 12.6. The third kappa shape index (κ3) is 2.19. The molecule has 2 aromatic rings. The first kappa shape index (κ1) is 13.1. The van der Waals surface area contributed by atoms with Crippen molar-refractivity contribution in [3.05, 3.63) is 58.1 Å². The number of ketones is 1. The van der Waals surface area contributed by atoms with Crippen molar-refractivity contribution in [1.82, 2.24) is 0 Å². The van der Waals surface area contributed by atoms with Gasteiger partial charge < -0.3 is 10.8 Å². The first-order valence-corrected chi connectivity index (χ1v) is 6.12. The molecule has 0 saturated carbocycles. The average Bonchev–Trinajstić information content (AvgIpc) is 2.36. The van der Waals surface area contributed by atoms with Crippen molar-refractivity contribution in [3.8, 4) is 5.75 Å². The highest BCUT2D eigenvalue weighted by molar-refractivity contribution is 6.13. The maximum Gasteiger partial charge on any atom is 0.195 e. The Balaban J connectivity index is 2.64. The molecule has 0 fully saturated rings. The Morgan fingerprint density at radius 2 is 1.74 bits per heavy atom. The Morgan fingerprint density at radius 3 is 2.37 bits per heavy atom. The van der Waals surface area contributed by atoms with Crippen molar-refractivity contribution in [1.29, 1.82) is 0 Å². The lowest BCUT2D eigenvalue weighted by atomic mass is 9.91. The monoisotopic (exact) mass is 255 g/mol. The van der Waals surface area contributed by atoms with Gasteiger partial charge >= 0.3 is 0 Å². The molecule has 0 atom stereocenters. The minimum absolute atomic E-state index is 0.101. The number of carbonyl (C=O) groups excluding carboxylic acids is 1. The third-order valence-corrected chi connectivity index (χ3v) is 3.50. The minimum Gasteiger partial charge on any atom is -0.508 e. The molecule has 2 rings (SSSR count). The van der Waals surface area contributed by atoms with E-state index in [9.17, 15) is 9.90 Å². The van der Waals surface area contributed by atoms with E-state index in [1.165, 1.54) is 0 Å². The maximum absolute atomic E-state index is 12.6. The highest BCUT2D eigenvalue weighted by Crippen LogP contribution is 2.29. The predicted octanol–water partition coefficient (Wildman–Crippen LogP) is 3.13. The number of aromatic hydroxyl groups is 1. The van der Waals surface area contributed by atoms with E-state index in [0.29, 0.717) is 16.8 Å². The van der Waals surface area contributed by atoms with Gasteiger partial charge in [0.2, 0.25) is 0 Å². The molecule has 0 heterocycles. The van der Waals surface area contributed by atoms with Crippen LogP contribution in [0.4, 0.5) is 5.69 Å². The van der Waals surface area contributed by atoms with Crippen LogP contribution in [-0.4, -0.2) is 10.9 Å². The molecule has 98 valence electrons. The van der Waals surface area contributed by atoms with Gasteiger partial charge in [0.15, 0.2) is 5.78 Å². The molecule has 0 radical (unpaired) electrons. The fraction of sp³-hybridized carbons (Fsp3) is 0.188. The number of anilines is 1. The summed E-state index contributed by atoms with van der Waals surface area (Å²) in [5, 5.41) is 9.78. The van der Waals surface area contributed by atoms with Crippen LogP contribution in [0, 0.1) is 20.8 Å². The number of hydrogen-bond acceptors (Lipinski definition) is 3. The molecule has 0 aliphatic rings. The normalized spacial score (nSPS) is 10.5. The van der Waals surface area contributed by atoms with Gasteiger partial charge in [-0.2, -0.15) is 0 Å². The largest absolute Gasteiger partial charge is 0.508 e. The van der Waals surface area contributed by atoms with Gasteiger partial charge in [0, 0.05) is 16.8 Å². The van der Waals surface area contributed by atoms with E-state index in [0.717, 1.165) is 16.7 Å². The van der Waals surface area contributed by atoms with E-state index in [4.69, 9.17) is 5.73 Å². The van der Waals surface area contributed by atoms with Crippen LogP contribution in [-0.2, 0) is 0 Å². The average molecular weight is 255 g/mol. The Morgan fingerprint density at radius 1 is 1.11 bits per heavy atom. The molecule has 0 bridgehead atoms. The number of nitrogen functional groups attached to an aromatic ring is 1. The summed E-state index contributed by atoms with van der Waals surface area (Å²) in [6.07, 6.45) is 0. The molecule has 0 aliphatic heterocycles. The van der Waals surface area contributed by atoms with Crippen LogP contribution in [0.2, 0.25) is 0 Å². The van der Waals surface area contributed by atoms with Gasteiger partial charge in [-0.05, 0) is 55.7 Å². The Bertz CT molecular complexity index is 660. The maximum atomic E-state index is 12.6. The summed E-state index contributed by atoms with van der Waals surface area (Å²) in [5.74, 6) is 0.115. The summed E-state index contributed by atoms with van der Waals surface area (Å²) >= 11 is 0. The standard InChI is InChI=1S/C16H17NO2/c1-9-8-14(18)10(2)11(3)15(9)16(19)12-6-4-5-7-13(12)17/h4-8,18H,17H2,1-3H3. The van der Waals surface area contributed by atoms with E-state index in [-0.39, 0.29) is 11.5 Å². The van der Waals surface area contributed by atoms with Crippen molar-refractivity contribution in [2.75, 3.05) is 5.73 Å². The number of para-hydroxylation sites is 1. The second kappa shape index (κ2) is 4.76. The van der Waals surface area contributed by atoms with Crippen LogP contribution in [0.5, 0.6) is 5.75 Å². The Kier molecular flexibility index (Phi) is 3.30. The lowest BCUT2D eigenvalue weighted by Gasteiger charge is -2.14. The fourth-order valence-electron chi connectivity index (χ4n) is 2.25. The first-order valence-electron chi connectivity index (χ1n) is 6.12. The van der Waals surface area contributed by atoms with Gasteiger partial charge in [0.1, 0.15) is 5.75 Å². The smallest absolute Gasteiger partial charge is 0.195 e. The highest BCUT2D eigenvalue weighted by Gasteiger charge is 2.19. The molecule has 0 amide bonds. The number of carbonyl (C=O) groups is 1. The van der Waals surface area contributed by atoms with Gasteiger partial charge in [-0.3, -0.25) is 4.79 Å². The molecular formula is C16H17NO2. The number of nitrogens with two attached hydrogens (primary N) is 1. The zero-order valence-electron chi connectivity index (χ0n) is 11.3. The summed E-state index contributed by atoms with van der Waals surface area (Å²) in [6.45, 7) is 5.46. The van der Waals surface area contributed by atoms with E-state index in [1.807, 2.05) is 13.8 Å². The van der Waals surface area contributed by atoms with E-state index >= 15 is 0 Å². The molecule has 0 aromatic heterocycles. The Hall–Kier alpha value is -2.29. The van der Waals surface area contributed by atoms with Crippen LogP contribution in [0.1, 0.15) is 32.6 Å². The van der Waals surface area contributed by atoms with Gasteiger partial charge in [-0.15, -0.1) is 0 Å². The zero-order valence-corrected chi connectivity index (χ0v) is 11.3. The van der Waals surface area contributed by atoms with E-state index in [1.54, 1.807) is 37.3 Å². The van der Waals surface area contributed by atoms with E-state index in [2.05, 4.69) is 0 Å². The lowest BCUT2D eigenvalue weighted by Crippen LogP contribution is -2.10. The summed E-state index contributed by atoms with van der Waals surface area (Å²) in [6, 6.07) is 8.65. The molecule has 0 aliphatic carbocycles. The van der Waals surface area contributed by atoms with Crippen molar-refractivity contribution >= 4 is 11.5 Å². The molecular weight excluding hydrogens is 238 g/mol. The Labute approximate surface area is 112 Å². The SMILES string of the molecule is Cc1cc(O)c(C)c(C)c1C(=O)c1ccccc1N. The van der Waals surface area contributed by atoms with E-state index < -0.39 is 0 Å². The van der Waals surface area contributed by atoms with Gasteiger partial charge in [-0.25, -0.2) is 0 Å². The van der Waals surface area contributed by atoms with Gasteiger partial charge in [0.25, 0.3) is 0 Å². The topological polar surface area (TPSA) is 63.3 Å². The van der Waals surface area contributed by atoms with Gasteiger partial charge in [-0.1, -0.05) is 12.1 Å². The molecule has 0 unspecified atom stereocenters. The number of benzene rings is 2. The number of rotatable bonds is 2. The van der Waals surface area contributed by atoms with Crippen LogP contribution >= 0.6 is 0 Å². The zero-order chi connectivity index (χ0) is 14.2. The highest BCUT2D eigenvalue weighted by atomic mass is 16.3. The van der Waals surface area contributed by atoms with Crippen LogP contribution in [0.15, 0.2) is 30.3 Å². The summed E-state index contributed by atoms with van der Waals surface area (Å²) in [7, 11) is 0. The van der Waals surface area contributed by atoms with Crippen molar-refractivity contribution in [3.63, 3.8) is 0 Å². The van der Waals surface area contributed by atoms with Gasteiger partial charge in [0.05, 0.1) is 0 Å². The summed E-state index contributed by atoms with van der Waals surface area (Å²) < 4.78 is 0. The fourth-order valence-corrected chi connectivity index (χ4v) is 2.25. The predicted molar refractivity (Wildman–Crippen MR) is 76.6 cm³/mol. The molecule has 3 N–H and O–H groups in total. The molecule has 3 nitrogen and oxygen atoms in total. The molecule has 3 heteroatoms. The quantitative estimate of drug-likeness (QED) is 0.640. The van der Waals surface area contributed by atoms with Crippen LogP contribution < -0.4 is 5.73 Å². The second-order valence-electron chi connectivity index (χ2n) is 4.75. The lowest BCUT2D eigenvalue weighted by molar-refractivity contribution is 0.103. The molecule has 19 heavy (non-hydrogen) atoms. The molecule has 2 aromatic carbocycles. The number of phenolic OH excluding ortho intramolecular Hbond substituents is 1. The first-order chi connectivity index (χ1) is 8.93. The number of hydrogen-bond donors (Lipinski definition) is 2.